The minimum Gasteiger partial charge on any atom is -0.316 e. The zero-order chi connectivity index (χ0) is 14.7. The highest BCUT2D eigenvalue weighted by molar-refractivity contribution is 5.36. The van der Waals surface area contributed by atoms with E-state index < -0.39 is 0 Å². The summed E-state index contributed by atoms with van der Waals surface area (Å²) < 4.78 is 0. The van der Waals surface area contributed by atoms with Gasteiger partial charge in [0.25, 0.3) is 0 Å². The van der Waals surface area contributed by atoms with Crippen LogP contribution >= 0.6 is 0 Å². The summed E-state index contributed by atoms with van der Waals surface area (Å²) in [7, 11) is 2.08. The molecule has 0 aromatic heterocycles. The first kappa shape index (κ1) is 14.3. The lowest BCUT2D eigenvalue weighted by atomic mass is 9.95. The van der Waals surface area contributed by atoms with Gasteiger partial charge in [-0.05, 0) is 73.9 Å². The van der Waals surface area contributed by atoms with Crippen LogP contribution in [0, 0.1) is 6.92 Å². The Bertz CT molecular complexity index is 615. The van der Waals surface area contributed by atoms with Crippen LogP contribution in [0.25, 0.3) is 0 Å². The second kappa shape index (κ2) is 6.44. The molecule has 1 nitrogen and oxygen atoms in total. The van der Waals surface area contributed by atoms with Crippen molar-refractivity contribution >= 4 is 0 Å². The van der Waals surface area contributed by atoms with Gasteiger partial charge in [-0.25, -0.2) is 0 Å². The van der Waals surface area contributed by atoms with E-state index in [-0.39, 0.29) is 0 Å². The third-order valence-corrected chi connectivity index (χ3v) is 4.78. The Hall–Kier alpha value is -1.60. The Morgan fingerprint density at radius 2 is 1.81 bits per heavy atom. The summed E-state index contributed by atoms with van der Waals surface area (Å²) in [5.41, 5.74) is 7.48. The first-order chi connectivity index (χ1) is 10.3. The van der Waals surface area contributed by atoms with Gasteiger partial charge >= 0.3 is 0 Å². The molecule has 0 fully saturated rings. The summed E-state index contributed by atoms with van der Waals surface area (Å²) in [5, 5.41) is 3.49. The smallest absolute Gasteiger partial charge is 0.0145 e. The van der Waals surface area contributed by atoms with Crippen LogP contribution in [0.5, 0.6) is 0 Å². The molecule has 1 N–H and O–H groups in total. The highest BCUT2D eigenvalue weighted by Gasteiger charge is 2.14. The van der Waals surface area contributed by atoms with Crippen molar-refractivity contribution in [3.05, 3.63) is 70.3 Å². The van der Waals surface area contributed by atoms with Gasteiger partial charge in [-0.15, -0.1) is 0 Å². The van der Waals surface area contributed by atoms with Gasteiger partial charge in [-0.2, -0.15) is 0 Å². The highest BCUT2D eigenvalue weighted by Crippen LogP contribution is 2.23. The molecule has 2 aromatic carbocycles. The minimum absolute atomic E-state index is 0.505. The van der Waals surface area contributed by atoms with Crippen molar-refractivity contribution in [1.29, 1.82) is 0 Å². The molecule has 21 heavy (non-hydrogen) atoms. The van der Waals surface area contributed by atoms with E-state index in [1.807, 2.05) is 0 Å². The standard InChI is InChI=1S/C20H25N/c1-15-6-3-4-7-18(15)14-20(21-2)13-16-10-11-17-8-5-9-19(17)12-16/h3-4,6-7,10-12,20-21H,5,8-9,13-14H2,1-2H3. The van der Waals surface area contributed by atoms with Crippen LogP contribution in [-0.2, 0) is 25.7 Å². The largest absolute Gasteiger partial charge is 0.316 e. The lowest BCUT2D eigenvalue weighted by Crippen LogP contribution is -2.30. The van der Waals surface area contributed by atoms with Crippen LogP contribution in [-0.4, -0.2) is 13.1 Å². The molecule has 1 heteroatoms. The maximum atomic E-state index is 3.49. The Morgan fingerprint density at radius 1 is 1.00 bits per heavy atom. The van der Waals surface area contributed by atoms with Gasteiger partial charge < -0.3 is 5.32 Å². The van der Waals surface area contributed by atoms with Crippen LogP contribution < -0.4 is 5.32 Å². The SMILES string of the molecule is CNC(Cc1ccc2c(c1)CCC2)Cc1ccccc1C. The third-order valence-electron chi connectivity index (χ3n) is 4.78. The zero-order valence-electron chi connectivity index (χ0n) is 13.2. The number of benzene rings is 2. The molecule has 1 unspecified atom stereocenters. The van der Waals surface area contributed by atoms with E-state index in [0.717, 1.165) is 12.8 Å². The first-order valence-electron chi connectivity index (χ1n) is 8.08. The number of rotatable bonds is 5. The molecule has 0 aliphatic heterocycles. The molecule has 0 bridgehead atoms. The summed E-state index contributed by atoms with van der Waals surface area (Å²) in [6.45, 7) is 2.21. The number of hydrogen-bond donors (Lipinski definition) is 1. The van der Waals surface area contributed by atoms with E-state index in [4.69, 9.17) is 0 Å². The zero-order valence-corrected chi connectivity index (χ0v) is 13.2. The molecule has 0 saturated heterocycles. The van der Waals surface area contributed by atoms with Crippen LogP contribution in [0.1, 0.15) is 34.2 Å². The van der Waals surface area contributed by atoms with Crippen LogP contribution in [0.4, 0.5) is 0 Å². The Balaban J connectivity index is 1.71. The van der Waals surface area contributed by atoms with Gasteiger partial charge in [-0.1, -0.05) is 42.5 Å². The van der Waals surface area contributed by atoms with Gasteiger partial charge in [0.15, 0.2) is 0 Å². The molecule has 1 atom stereocenters. The monoisotopic (exact) mass is 279 g/mol. The van der Waals surface area contributed by atoms with Crippen molar-refractivity contribution in [2.75, 3.05) is 7.05 Å². The molecular weight excluding hydrogens is 254 g/mol. The van der Waals surface area contributed by atoms with Gasteiger partial charge in [0, 0.05) is 6.04 Å². The number of hydrogen-bond acceptors (Lipinski definition) is 1. The minimum atomic E-state index is 0.505. The second-order valence-electron chi connectivity index (χ2n) is 6.28. The van der Waals surface area contributed by atoms with Crippen molar-refractivity contribution < 1.29 is 0 Å². The molecule has 110 valence electrons. The first-order valence-corrected chi connectivity index (χ1v) is 8.08. The van der Waals surface area contributed by atoms with Crippen molar-refractivity contribution in [3.63, 3.8) is 0 Å². The Morgan fingerprint density at radius 3 is 2.62 bits per heavy atom. The molecule has 2 aromatic rings. The lowest BCUT2D eigenvalue weighted by molar-refractivity contribution is 0.555. The molecular formula is C20H25N. The molecule has 3 rings (SSSR count). The van der Waals surface area contributed by atoms with E-state index in [1.165, 1.54) is 36.0 Å². The van der Waals surface area contributed by atoms with Crippen molar-refractivity contribution in [2.24, 2.45) is 0 Å². The van der Waals surface area contributed by atoms with Gasteiger partial charge in [0.1, 0.15) is 0 Å². The van der Waals surface area contributed by atoms with Gasteiger partial charge in [-0.3, -0.25) is 0 Å². The van der Waals surface area contributed by atoms with E-state index in [1.54, 1.807) is 11.1 Å². The molecule has 0 saturated carbocycles. The van der Waals surface area contributed by atoms with Gasteiger partial charge in [0.05, 0.1) is 0 Å². The third kappa shape index (κ3) is 3.36. The summed E-state index contributed by atoms with van der Waals surface area (Å²) in [5.74, 6) is 0. The second-order valence-corrected chi connectivity index (χ2v) is 6.28. The lowest BCUT2D eigenvalue weighted by Gasteiger charge is -2.18. The van der Waals surface area contributed by atoms with Crippen LogP contribution in [0.2, 0.25) is 0 Å². The predicted octanol–water partition coefficient (Wildman–Crippen LogP) is 3.86. The molecule has 1 aliphatic carbocycles. The van der Waals surface area contributed by atoms with E-state index in [9.17, 15) is 0 Å². The Kier molecular flexibility index (Phi) is 4.40. The number of nitrogens with one attached hydrogen (secondary N) is 1. The number of fused-ring (bicyclic) bond motifs is 1. The van der Waals surface area contributed by atoms with E-state index >= 15 is 0 Å². The van der Waals surface area contributed by atoms with Crippen molar-refractivity contribution in [2.45, 2.75) is 45.1 Å². The average Bonchev–Trinajstić information content (AvgIpc) is 2.96. The molecule has 0 radical (unpaired) electrons. The van der Waals surface area contributed by atoms with Gasteiger partial charge in [0.2, 0.25) is 0 Å². The summed E-state index contributed by atoms with van der Waals surface area (Å²) >= 11 is 0. The van der Waals surface area contributed by atoms with E-state index in [0.29, 0.717) is 6.04 Å². The molecule has 0 amide bonds. The molecule has 0 heterocycles. The normalized spacial score (nSPS) is 15.0. The fourth-order valence-corrected chi connectivity index (χ4v) is 3.42. The average molecular weight is 279 g/mol. The van der Waals surface area contributed by atoms with Crippen molar-refractivity contribution in [1.82, 2.24) is 5.32 Å². The highest BCUT2D eigenvalue weighted by atomic mass is 14.9. The maximum absolute atomic E-state index is 3.49. The number of aryl methyl sites for hydroxylation is 3. The predicted molar refractivity (Wildman–Crippen MR) is 89.9 cm³/mol. The van der Waals surface area contributed by atoms with Crippen molar-refractivity contribution in [3.8, 4) is 0 Å². The maximum Gasteiger partial charge on any atom is 0.0145 e. The summed E-state index contributed by atoms with van der Waals surface area (Å²) in [6.07, 6.45) is 6.08. The van der Waals surface area contributed by atoms with E-state index in [2.05, 4.69) is 61.8 Å². The summed E-state index contributed by atoms with van der Waals surface area (Å²) in [4.78, 5) is 0. The number of likely N-dealkylation sites (N-methyl/N-ethyl adjacent to an activating group) is 1. The molecule has 1 aliphatic rings. The van der Waals surface area contributed by atoms with Crippen LogP contribution in [0.15, 0.2) is 42.5 Å². The quantitative estimate of drug-likeness (QED) is 0.876. The Labute approximate surface area is 128 Å². The fraction of sp³-hybridized carbons (Fsp3) is 0.400. The fourth-order valence-electron chi connectivity index (χ4n) is 3.42. The molecule has 0 spiro atoms. The summed E-state index contributed by atoms with van der Waals surface area (Å²) in [6, 6.07) is 16.3. The topological polar surface area (TPSA) is 12.0 Å². The van der Waals surface area contributed by atoms with Crippen LogP contribution in [0.3, 0.4) is 0 Å².